The van der Waals surface area contributed by atoms with Crippen LogP contribution in [0, 0.1) is 0 Å². The van der Waals surface area contributed by atoms with Crippen LogP contribution in [0.15, 0.2) is 0 Å². The lowest BCUT2D eigenvalue weighted by atomic mass is 9.86. The van der Waals surface area contributed by atoms with Gasteiger partial charge >= 0.3 is 0 Å². The van der Waals surface area contributed by atoms with E-state index in [0.29, 0.717) is 6.04 Å². The molecular weight excluding hydrogens is 230 g/mol. The van der Waals surface area contributed by atoms with Gasteiger partial charge < -0.3 is 20.3 Å². The zero-order valence-corrected chi connectivity index (χ0v) is 11.5. The molecular formula is C14H27NO3. The molecule has 0 aromatic heterocycles. The zero-order chi connectivity index (χ0) is 13.1. The maximum atomic E-state index is 9.51. The van der Waals surface area contributed by atoms with Gasteiger partial charge in [-0.3, -0.25) is 0 Å². The fourth-order valence-electron chi connectivity index (χ4n) is 3.42. The van der Waals surface area contributed by atoms with Crippen molar-refractivity contribution >= 4 is 0 Å². The van der Waals surface area contributed by atoms with Gasteiger partial charge in [0, 0.05) is 12.6 Å². The Morgan fingerprint density at radius 1 is 1.28 bits per heavy atom. The molecule has 2 aliphatic rings. The van der Waals surface area contributed by atoms with Gasteiger partial charge in [-0.15, -0.1) is 0 Å². The first kappa shape index (κ1) is 14.3. The van der Waals surface area contributed by atoms with Crippen LogP contribution in [-0.4, -0.2) is 47.2 Å². The van der Waals surface area contributed by atoms with Crippen molar-refractivity contribution in [3.63, 3.8) is 0 Å². The summed E-state index contributed by atoms with van der Waals surface area (Å²) in [6.07, 6.45) is 7.62. The highest BCUT2D eigenvalue weighted by Crippen LogP contribution is 2.40. The second-order valence-electron chi connectivity index (χ2n) is 6.02. The molecule has 1 saturated heterocycles. The van der Waals surface area contributed by atoms with E-state index < -0.39 is 5.54 Å². The number of hydrogen-bond acceptors (Lipinski definition) is 4. The summed E-state index contributed by atoms with van der Waals surface area (Å²) in [5.41, 5.74) is -0.442. The number of ether oxygens (including phenoxy) is 1. The summed E-state index contributed by atoms with van der Waals surface area (Å²) in [7, 11) is 0. The fourth-order valence-corrected chi connectivity index (χ4v) is 3.42. The monoisotopic (exact) mass is 257 g/mol. The van der Waals surface area contributed by atoms with E-state index in [-0.39, 0.29) is 18.8 Å². The third-order valence-corrected chi connectivity index (χ3v) is 4.80. The molecule has 0 radical (unpaired) electrons. The fraction of sp³-hybridized carbons (Fsp3) is 1.00. The molecule has 2 rings (SSSR count). The Morgan fingerprint density at radius 2 is 1.94 bits per heavy atom. The highest BCUT2D eigenvalue weighted by atomic mass is 16.5. The summed E-state index contributed by atoms with van der Waals surface area (Å²) < 4.78 is 6.01. The largest absolute Gasteiger partial charge is 0.394 e. The van der Waals surface area contributed by atoms with Gasteiger partial charge in [-0.2, -0.15) is 0 Å². The van der Waals surface area contributed by atoms with E-state index in [9.17, 15) is 10.2 Å². The lowest BCUT2D eigenvalue weighted by Crippen LogP contribution is -2.58. The van der Waals surface area contributed by atoms with Gasteiger partial charge in [0.1, 0.15) is 0 Å². The molecule has 1 aliphatic carbocycles. The van der Waals surface area contributed by atoms with Crippen LogP contribution in [0.1, 0.15) is 51.9 Å². The SMILES string of the molecule is CCC(CO)(CO)NC1CCOC2(CCCC2)C1. The summed E-state index contributed by atoms with van der Waals surface area (Å²) in [4.78, 5) is 0. The summed E-state index contributed by atoms with van der Waals surface area (Å²) in [6, 6.07) is 0.357. The molecule has 2 fully saturated rings. The van der Waals surface area contributed by atoms with Crippen LogP contribution < -0.4 is 5.32 Å². The average Bonchev–Trinajstić information content (AvgIpc) is 2.84. The van der Waals surface area contributed by atoms with Gasteiger partial charge in [-0.25, -0.2) is 0 Å². The molecule has 3 N–H and O–H groups in total. The molecule has 4 nitrogen and oxygen atoms in total. The van der Waals surface area contributed by atoms with Crippen LogP contribution in [0.3, 0.4) is 0 Å². The van der Waals surface area contributed by atoms with Crippen molar-refractivity contribution in [2.24, 2.45) is 0 Å². The molecule has 106 valence electrons. The Kier molecular flexibility index (Phi) is 4.64. The van der Waals surface area contributed by atoms with E-state index in [4.69, 9.17) is 4.74 Å². The van der Waals surface area contributed by atoms with Crippen molar-refractivity contribution in [1.29, 1.82) is 0 Å². The topological polar surface area (TPSA) is 61.7 Å². The molecule has 0 aromatic carbocycles. The Balaban J connectivity index is 1.96. The average molecular weight is 257 g/mol. The maximum absolute atomic E-state index is 9.51. The minimum atomic E-state index is -0.526. The van der Waals surface area contributed by atoms with E-state index >= 15 is 0 Å². The van der Waals surface area contributed by atoms with Crippen molar-refractivity contribution in [3.8, 4) is 0 Å². The summed E-state index contributed by atoms with van der Waals surface area (Å²) in [5, 5.41) is 22.5. The number of rotatable bonds is 5. The van der Waals surface area contributed by atoms with Crippen LogP contribution in [0.4, 0.5) is 0 Å². The Hall–Kier alpha value is -0.160. The molecule has 18 heavy (non-hydrogen) atoms. The number of aliphatic hydroxyl groups excluding tert-OH is 2. The Labute approximate surface area is 110 Å². The lowest BCUT2D eigenvalue weighted by Gasteiger charge is -2.42. The maximum Gasteiger partial charge on any atom is 0.0697 e. The van der Waals surface area contributed by atoms with E-state index in [2.05, 4.69) is 5.32 Å². The van der Waals surface area contributed by atoms with E-state index in [1.807, 2.05) is 6.92 Å². The highest BCUT2D eigenvalue weighted by molar-refractivity contribution is 4.97. The Morgan fingerprint density at radius 3 is 2.50 bits per heavy atom. The van der Waals surface area contributed by atoms with Gasteiger partial charge in [-0.05, 0) is 32.1 Å². The van der Waals surface area contributed by atoms with Crippen molar-refractivity contribution in [2.75, 3.05) is 19.8 Å². The predicted octanol–water partition coefficient (Wildman–Crippen LogP) is 1.20. The van der Waals surface area contributed by atoms with Crippen molar-refractivity contribution < 1.29 is 14.9 Å². The van der Waals surface area contributed by atoms with E-state index in [1.165, 1.54) is 25.7 Å². The molecule has 1 saturated carbocycles. The first-order chi connectivity index (χ1) is 8.67. The molecule has 0 bridgehead atoms. The van der Waals surface area contributed by atoms with E-state index in [0.717, 1.165) is 25.9 Å². The molecule has 1 aliphatic heterocycles. The van der Waals surface area contributed by atoms with Crippen LogP contribution in [0.2, 0.25) is 0 Å². The molecule has 1 atom stereocenters. The molecule has 4 heteroatoms. The van der Waals surface area contributed by atoms with Crippen LogP contribution in [-0.2, 0) is 4.74 Å². The van der Waals surface area contributed by atoms with Crippen molar-refractivity contribution in [2.45, 2.75) is 69.1 Å². The minimum absolute atomic E-state index is 0.00957. The second-order valence-corrected chi connectivity index (χ2v) is 6.02. The van der Waals surface area contributed by atoms with Crippen molar-refractivity contribution in [3.05, 3.63) is 0 Å². The zero-order valence-electron chi connectivity index (χ0n) is 11.5. The quantitative estimate of drug-likeness (QED) is 0.692. The normalized spacial score (nSPS) is 27.8. The van der Waals surface area contributed by atoms with E-state index in [1.54, 1.807) is 0 Å². The first-order valence-corrected chi connectivity index (χ1v) is 7.31. The molecule has 1 unspecified atom stereocenters. The molecule has 0 aromatic rings. The number of hydrogen-bond donors (Lipinski definition) is 3. The molecule has 0 amide bonds. The van der Waals surface area contributed by atoms with Gasteiger partial charge in [-0.1, -0.05) is 19.8 Å². The first-order valence-electron chi connectivity index (χ1n) is 7.31. The third-order valence-electron chi connectivity index (χ3n) is 4.80. The summed E-state index contributed by atoms with van der Waals surface area (Å²) in [5.74, 6) is 0. The van der Waals surface area contributed by atoms with Crippen LogP contribution >= 0.6 is 0 Å². The lowest BCUT2D eigenvalue weighted by molar-refractivity contribution is -0.0899. The third kappa shape index (κ3) is 2.87. The Bertz CT molecular complexity index is 252. The van der Waals surface area contributed by atoms with Gasteiger partial charge in [0.2, 0.25) is 0 Å². The minimum Gasteiger partial charge on any atom is -0.394 e. The van der Waals surface area contributed by atoms with Gasteiger partial charge in [0.15, 0.2) is 0 Å². The summed E-state index contributed by atoms with van der Waals surface area (Å²) >= 11 is 0. The second kappa shape index (κ2) is 5.87. The van der Waals surface area contributed by atoms with Crippen LogP contribution in [0.25, 0.3) is 0 Å². The highest BCUT2D eigenvalue weighted by Gasteiger charge is 2.41. The standard InChI is InChI=1S/C14H27NO3/c1-2-13(10-16,11-17)15-12-5-8-18-14(9-12)6-3-4-7-14/h12,15-17H,2-11H2,1H3. The number of nitrogens with one attached hydrogen (secondary N) is 1. The van der Waals surface area contributed by atoms with Gasteiger partial charge in [0.25, 0.3) is 0 Å². The molecule has 1 spiro atoms. The van der Waals surface area contributed by atoms with Crippen LogP contribution in [0.5, 0.6) is 0 Å². The van der Waals surface area contributed by atoms with Crippen molar-refractivity contribution in [1.82, 2.24) is 5.32 Å². The molecule has 1 heterocycles. The summed E-state index contributed by atoms with van der Waals surface area (Å²) in [6.45, 7) is 2.78. The number of aliphatic hydroxyl groups is 2. The predicted molar refractivity (Wildman–Crippen MR) is 70.5 cm³/mol. The van der Waals surface area contributed by atoms with Gasteiger partial charge in [0.05, 0.1) is 24.4 Å². The smallest absolute Gasteiger partial charge is 0.0697 e.